The molecule has 0 aromatic heterocycles. The van der Waals surface area contributed by atoms with Crippen LogP contribution < -0.4 is 10.2 Å². The topological polar surface area (TPSA) is 162 Å². The van der Waals surface area contributed by atoms with Crippen LogP contribution in [0.1, 0.15) is 25.7 Å². The Bertz CT molecular complexity index is 296. The first-order valence-electron chi connectivity index (χ1n) is 4.13. The number of amides is 2. The second-order valence-electron chi connectivity index (χ2n) is 2.80. The third-order valence-electron chi connectivity index (χ3n) is 1.60. The summed E-state index contributed by atoms with van der Waals surface area (Å²) >= 11 is 0. The van der Waals surface area contributed by atoms with Crippen LogP contribution in [0.25, 0.3) is 0 Å². The van der Waals surface area contributed by atoms with Crippen LogP contribution in [0, 0.1) is 0 Å². The Morgan fingerprint density at radius 3 is 1.12 bits per heavy atom. The molecule has 0 aromatic carbocycles. The molecule has 2 aliphatic heterocycles. The largest absolute Gasteiger partial charge is 2.00 e. The first-order chi connectivity index (χ1) is 6.58. The standard InChI is InChI=1S/2C4H5NO2.Mo.2O/c2*6-3-1-2-4(7)5-3;;;/h2*1-2H2,(H,5,6,7);;;/q;;;2*-2/p-2. The molecule has 0 unspecified atom stereocenters. The van der Waals surface area contributed by atoms with Crippen molar-refractivity contribution in [2.75, 3.05) is 0 Å². The first kappa shape index (κ1) is 21.2. The number of rotatable bonds is 0. The third kappa shape index (κ3) is 8.67. The van der Waals surface area contributed by atoms with Crippen molar-refractivity contribution in [2.24, 2.45) is 9.98 Å². The fraction of sp³-hybridized carbons (Fsp3) is 0.500. The Labute approximate surface area is 111 Å². The molecule has 0 aliphatic carbocycles. The zero-order valence-corrected chi connectivity index (χ0v) is 10.6. The molecule has 2 heterocycles. The Hall–Kier alpha value is -1.11. The minimum absolute atomic E-state index is 0. The van der Waals surface area contributed by atoms with Gasteiger partial charge in [-0.05, 0) is 24.6 Å². The van der Waals surface area contributed by atoms with Gasteiger partial charge in [0, 0.05) is 33.9 Å². The van der Waals surface area contributed by atoms with Gasteiger partial charge in [0.25, 0.3) is 0 Å². The summed E-state index contributed by atoms with van der Waals surface area (Å²) in [6.07, 6.45) is 1.27. The predicted molar refractivity (Wildman–Crippen MR) is 44.7 cm³/mol. The van der Waals surface area contributed by atoms with Gasteiger partial charge in [0.15, 0.2) is 0 Å². The quantitative estimate of drug-likeness (QED) is 0.466. The van der Waals surface area contributed by atoms with Crippen LogP contribution in [-0.2, 0) is 41.6 Å². The summed E-state index contributed by atoms with van der Waals surface area (Å²) in [5, 5.41) is 20.1. The van der Waals surface area contributed by atoms with Crippen molar-refractivity contribution in [3.63, 3.8) is 0 Å². The molecule has 17 heavy (non-hydrogen) atoms. The molecule has 2 aliphatic rings. The third-order valence-corrected chi connectivity index (χ3v) is 1.60. The van der Waals surface area contributed by atoms with Crippen LogP contribution in [0.15, 0.2) is 9.98 Å². The monoisotopic (exact) mass is 326 g/mol. The van der Waals surface area contributed by atoms with E-state index in [-0.39, 0.29) is 55.6 Å². The van der Waals surface area contributed by atoms with Gasteiger partial charge in [-0.15, -0.1) is 0 Å². The summed E-state index contributed by atoms with van der Waals surface area (Å²) in [5.41, 5.74) is 0. The Balaban J connectivity index is -0.000000196. The Morgan fingerprint density at radius 2 is 1.06 bits per heavy atom. The van der Waals surface area contributed by atoms with Crippen LogP contribution in [0.5, 0.6) is 0 Å². The van der Waals surface area contributed by atoms with Crippen molar-refractivity contribution in [1.82, 2.24) is 0 Å². The maximum atomic E-state index is 10.1. The van der Waals surface area contributed by atoms with Crippen molar-refractivity contribution < 1.29 is 51.8 Å². The molecule has 0 saturated heterocycles. The van der Waals surface area contributed by atoms with Gasteiger partial charge >= 0.3 is 0 Å². The van der Waals surface area contributed by atoms with E-state index in [9.17, 15) is 19.8 Å². The van der Waals surface area contributed by atoms with Gasteiger partial charge in [-0.2, -0.15) is 0 Å². The summed E-state index contributed by atoms with van der Waals surface area (Å²) in [6.45, 7) is 0. The zero-order chi connectivity index (χ0) is 10.6. The van der Waals surface area contributed by atoms with E-state index in [0.29, 0.717) is 25.7 Å². The number of hydrogen-bond acceptors (Lipinski definition) is 4. The predicted octanol–water partition coefficient (Wildman–Crippen LogP) is -2.11. The molecule has 0 spiro atoms. The van der Waals surface area contributed by atoms with E-state index in [4.69, 9.17) is 0 Å². The van der Waals surface area contributed by atoms with E-state index in [2.05, 4.69) is 9.98 Å². The average Bonchev–Trinajstić information content (AvgIpc) is 2.63. The van der Waals surface area contributed by atoms with E-state index < -0.39 is 0 Å². The number of nitrogens with zero attached hydrogens (tertiary/aromatic N) is 2. The van der Waals surface area contributed by atoms with Crippen LogP contribution in [0.4, 0.5) is 0 Å². The van der Waals surface area contributed by atoms with Gasteiger partial charge in [0.1, 0.15) is 0 Å². The van der Waals surface area contributed by atoms with Gasteiger partial charge in [0.2, 0.25) is 11.8 Å². The van der Waals surface area contributed by atoms with Crippen LogP contribution in [-0.4, -0.2) is 23.6 Å². The van der Waals surface area contributed by atoms with Gasteiger partial charge in [0.05, 0.1) is 0 Å². The molecular formula is C8H8MoN2O6-6. The van der Waals surface area contributed by atoms with Crippen LogP contribution in [0.2, 0.25) is 0 Å². The molecular weight excluding hydrogens is 316 g/mol. The van der Waals surface area contributed by atoms with E-state index >= 15 is 0 Å². The van der Waals surface area contributed by atoms with Crippen molar-refractivity contribution in [1.29, 1.82) is 0 Å². The molecule has 8 nitrogen and oxygen atoms in total. The van der Waals surface area contributed by atoms with Crippen LogP contribution in [0.3, 0.4) is 0 Å². The average molecular weight is 324 g/mol. The molecule has 98 valence electrons. The van der Waals surface area contributed by atoms with Gasteiger partial charge < -0.3 is 21.2 Å². The number of hydrogen-bond donors (Lipinski definition) is 0. The first-order valence-corrected chi connectivity index (χ1v) is 4.13. The van der Waals surface area contributed by atoms with Gasteiger partial charge in [-0.25, -0.2) is 9.98 Å². The number of aliphatic imine (C=N–C) groups is 2. The van der Waals surface area contributed by atoms with Crippen molar-refractivity contribution in [3.8, 4) is 0 Å². The zero-order valence-electron chi connectivity index (χ0n) is 8.58. The molecule has 2 rings (SSSR count). The fourth-order valence-corrected chi connectivity index (χ4v) is 0.930. The minimum atomic E-state index is -0.273. The van der Waals surface area contributed by atoms with Crippen molar-refractivity contribution in [2.45, 2.75) is 25.7 Å². The number of carbonyl (C=O) groups is 2. The molecule has 0 saturated carbocycles. The number of carbonyl (C=O) groups excluding carboxylic acids is 2. The van der Waals surface area contributed by atoms with E-state index in [1.54, 1.807) is 0 Å². The normalized spacial score (nSPS) is 16.5. The molecule has 0 N–H and O–H groups in total. The van der Waals surface area contributed by atoms with E-state index in [1.165, 1.54) is 0 Å². The van der Waals surface area contributed by atoms with Gasteiger partial charge in [-0.3, -0.25) is 9.59 Å². The van der Waals surface area contributed by atoms with Crippen molar-refractivity contribution in [3.05, 3.63) is 0 Å². The van der Waals surface area contributed by atoms with Gasteiger partial charge in [-0.1, -0.05) is 0 Å². The summed E-state index contributed by atoms with van der Waals surface area (Å²) in [5.74, 6) is -1.09. The maximum Gasteiger partial charge on any atom is 0.245 e. The molecule has 0 bridgehead atoms. The fourth-order valence-electron chi connectivity index (χ4n) is 0.930. The SMILES string of the molecule is O=C1CCC([O-])=N1.O=C1CCC([O-])=N1.[Mo].[O-2].[O-2]. The molecule has 2 amide bonds. The molecule has 0 fully saturated rings. The van der Waals surface area contributed by atoms with Crippen molar-refractivity contribution >= 4 is 23.6 Å². The smallest absolute Gasteiger partial charge is 0.245 e. The summed E-state index contributed by atoms with van der Waals surface area (Å²) in [4.78, 5) is 26.4. The van der Waals surface area contributed by atoms with Crippen LogP contribution >= 0.6 is 0 Å². The Kier molecular flexibility index (Phi) is 12.6. The summed E-state index contributed by atoms with van der Waals surface area (Å²) < 4.78 is 0. The molecule has 9 heteroatoms. The second kappa shape index (κ2) is 10.1. The molecule has 0 aromatic rings. The molecule has 0 atom stereocenters. The Morgan fingerprint density at radius 1 is 0.765 bits per heavy atom. The van der Waals surface area contributed by atoms with E-state index in [1.807, 2.05) is 0 Å². The minimum Gasteiger partial charge on any atom is -2.00 e. The summed E-state index contributed by atoms with van der Waals surface area (Å²) in [6, 6.07) is 0. The van der Waals surface area contributed by atoms with E-state index in [0.717, 1.165) is 0 Å². The summed E-state index contributed by atoms with van der Waals surface area (Å²) in [7, 11) is 0. The maximum absolute atomic E-state index is 10.1. The molecule has 0 radical (unpaired) electrons. The second-order valence-corrected chi connectivity index (χ2v) is 2.80.